The molecule has 1 heterocycles. The molecule has 0 aliphatic carbocycles. The Morgan fingerprint density at radius 1 is 0.839 bits per heavy atom. The van der Waals surface area contributed by atoms with Crippen molar-refractivity contribution in [3.63, 3.8) is 0 Å². The molecule has 0 atom stereocenters. The zero-order valence-electron chi connectivity index (χ0n) is 15.6. The quantitative estimate of drug-likeness (QED) is 0.283. The van der Waals surface area contributed by atoms with Gasteiger partial charge in [-0.15, -0.1) is 0 Å². The number of aromatic nitrogens is 1. The van der Waals surface area contributed by atoms with Gasteiger partial charge in [-0.25, -0.2) is 9.78 Å². The minimum absolute atomic E-state index is 0.137. The number of aromatic hydroxyl groups is 1. The lowest BCUT2D eigenvalue weighted by atomic mass is 10.2. The first-order chi connectivity index (χ1) is 14.9. The highest BCUT2D eigenvalue weighted by Gasteiger charge is 2.10. The molecular formula is C21H14Cl2N4O3S. The van der Waals surface area contributed by atoms with Gasteiger partial charge in [0.2, 0.25) is 0 Å². The second kappa shape index (κ2) is 8.81. The second-order valence-electron chi connectivity index (χ2n) is 6.44. The second-order valence-corrected chi connectivity index (χ2v) is 8.34. The van der Waals surface area contributed by atoms with Crippen molar-refractivity contribution in [3.05, 3.63) is 76.3 Å². The van der Waals surface area contributed by atoms with Gasteiger partial charge in [0.05, 0.1) is 10.2 Å². The van der Waals surface area contributed by atoms with E-state index in [4.69, 9.17) is 23.2 Å². The number of amides is 3. The highest BCUT2D eigenvalue weighted by atomic mass is 35.5. The van der Waals surface area contributed by atoms with E-state index in [0.717, 1.165) is 4.70 Å². The molecule has 0 aliphatic heterocycles. The number of phenols is 1. The van der Waals surface area contributed by atoms with Crippen molar-refractivity contribution < 1.29 is 14.7 Å². The fourth-order valence-corrected chi connectivity index (χ4v) is 4.17. The molecule has 0 aliphatic rings. The van der Waals surface area contributed by atoms with E-state index in [1.165, 1.54) is 29.5 Å². The van der Waals surface area contributed by atoms with Gasteiger partial charge in [-0.1, -0.05) is 34.5 Å². The van der Waals surface area contributed by atoms with Crippen molar-refractivity contribution in [2.75, 3.05) is 16.0 Å². The van der Waals surface area contributed by atoms with Crippen molar-refractivity contribution >= 4 is 73.2 Å². The average molecular weight is 473 g/mol. The van der Waals surface area contributed by atoms with Crippen molar-refractivity contribution in [1.82, 2.24) is 4.98 Å². The Morgan fingerprint density at radius 3 is 2.16 bits per heavy atom. The lowest BCUT2D eigenvalue weighted by Crippen LogP contribution is -2.19. The van der Waals surface area contributed by atoms with Crippen LogP contribution in [-0.2, 0) is 0 Å². The minimum Gasteiger partial charge on any atom is -0.508 e. The fourth-order valence-electron chi connectivity index (χ4n) is 2.75. The van der Waals surface area contributed by atoms with Gasteiger partial charge in [0.1, 0.15) is 5.75 Å². The third kappa shape index (κ3) is 5.24. The molecule has 0 unspecified atom stereocenters. The van der Waals surface area contributed by atoms with Crippen LogP contribution in [0.5, 0.6) is 5.75 Å². The summed E-state index contributed by atoms with van der Waals surface area (Å²) in [5, 5.41) is 18.8. The third-order valence-electron chi connectivity index (χ3n) is 4.12. The van der Waals surface area contributed by atoms with E-state index in [0.29, 0.717) is 37.6 Å². The van der Waals surface area contributed by atoms with Crippen molar-refractivity contribution in [2.45, 2.75) is 0 Å². The van der Waals surface area contributed by atoms with Gasteiger partial charge in [-0.05, 0) is 60.7 Å². The molecule has 0 saturated carbocycles. The standard InChI is InChI=1S/C21H14Cl2N4O3S/c22-12-7-11(8-13(23)9-12)19(29)24-14-1-3-15(4-2-14)25-20(30)27-21-26-17-6-5-16(28)10-18(17)31-21/h1-10,28H,(H,24,29)(H2,25,26,27,30). The SMILES string of the molecule is O=C(Nc1ccc(NC(=O)c2cc(Cl)cc(Cl)c2)cc1)Nc1nc2ccc(O)cc2s1. The molecule has 0 spiro atoms. The number of hydrogen-bond donors (Lipinski definition) is 4. The molecule has 0 fully saturated rings. The summed E-state index contributed by atoms with van der Waals surface area (Å²) in [6.07, 6.45) is 0. The van der Waals surface area contributed by atoms with Gasteiger partial charge in [-0.3, -0.25) is 10.1 Å². The van der Waals surface area contributed by atoms with Crippen molar-refractivity contribution in [1.29, 1.82) is 0 Å². The molecule has 3 amide bonds. The number of urea groups is 1. The van der Waals surface area contributed by atoms with Crippen LogP contribution in [0.4, 0.5) is 21.3 Å². The van der Waals surface area contributed by atoms with E-state index in [9.17, 15) is 14.7 Å². The van der Waals surface area contributed by atoms with Gasteiger partial charge in [0.25, 0.3) is 5.91 Å². The largest absolute Gasteiger partial charge is 0.508 e. The summed E-state index contributed by atoms with van der Waals surface area (Å²) >= 11 is 13.1. The van der Waals surface area contributed by atoms with Crippen LogP contribution in [0, 0.1) is 0 Å². The molecule has 156 valence electrons. The molecule has 31 heavy (non-hydrogen) atoms. The zero-order chi connectivity index (χ0) is 22.0. The number of phenolic OH excluding ortho intramolecular Hbond substituents is 1. The predicted octanol–water partition coefficient (Wildman–Crippen LogP) is 6.21. The average Bonchev–Trinajstić information content (AvgIpc) is 3.09. The molecule has 0 radical (unpaired) electrons. The first-order valence-corrected chi connectivity index (χ1v) is 10.5. The van der Waals surface area contributed by atoms with Crippen molar-refractivity contribution in [3.8, 4) is 5.75 Å². The maximum Gasteiger partial charge on any atom is 0.325 e. The molecule has 4 rings (SSSR count). The highest BCUT2D eigenvalue weighted by Crippen LogP contribution is 2.29. The van der Waals surface area contributed by atoms with Gasteiger partial charge in [0.15, 0.2) is 5.13 Å². The minimum atomic E-state index is -0.464. The third-order valence-corrected chi connectivity index (χ3v) is 5.49. The molecular weight excluding hydrogens is 459 g/mol. The Balaban J connectivity index is 1.37. The maximum atomic E-state index is 12.3. The van der Waals surface area contributed by atoms with Crippen LogP contribution in [-0.4, -0.2) is 22.0 Å². The number of nitrogens with one attached hydrogen (secondary N) is 3. The van der Waals surface area contributed by atoms with E-state index in [-0.39, 0.29) is 11.7 Å². The Labute approximate surface area is 190 Å². The molecule has 4 N–H and O–H groups in total. The summed E-state index contributed by atoms with van der Waals surface area (Å²) in [6, 6.07) is 15.5. The van der Waals surface area contributed by atoms with Crippen LogP contribution in [0.2, 0.25) is 10.0 Å². The summed E-state index contributed by atoms with van der Waals surface area (Å²) in [5.74, 6) is -0.220. The summed E-state index contributed by atoms with van der Waals surface area (Å²) in [5.41, 5.74) is 2.08. The maximum absolute atomic E-state index is 12.3. The number of hydrogen-bond acceptors (Lipinski definition) is 5. The topological polar surface area (TPSA) is 103 Å². The summed E-state index contributed by atoms with van der Waals surface area (Å²) in [7, 11) is 0. The van der Waals surface area contributed by atoms with Gasteiger partial charge < -0.3 is 15.7 Å². The Morgan fingerprint density at radius 2 is 1.48 bits per heavy atom. The molecule has 0 bridgehead atoms. The first kappa shape index (κ1) is 20.9. The molecule has 7 nitrogen and oxygen atoms in total. The summed E-state index contributed by atoms with van der Waals surface area (Å²) in [6.45, 7) is 0. The predicted molar refractivity (Wildman–Crippen MR) is 125 cm³/mol. The number of halogens is 2. The van der Waals surface area contributed by atoms with Gasteiger partial charge in [0, 0.05) is 27.0 Å². The van der Waals surface area contributed by atoms with E-state index in [1.807, 2.05) is 0 Å². The van der Waals surface area contributed by atoms with E-state index >= 15 is 0 Å². The normalized spacial score (nSPS) is 10.6. The van der Waals surface area contributed by atoms with Crippen LogP contribution < -0.4 is 16.0 Å². The van der Waals surface area contributed by atoms with Crippen molar-refractivity contribution in [2.24, 2.45) is 0 Å². The van der Waals surface area contributed by atoms with E-state index < -0.39 is 6.03 Å². The van der Waals surface area contributed by atoms with Crippen LogP contribution in [0.3, 0.4) is 0 Å². The number of rotatable bonds is 4. The Hall–Kier alpha value is -3.33. The number of fused-ring (bicyclic) bond motifs is 1. The lowest BCUT2D eigenvalue weighted by molar-refractivity contribution is 0.102. The fraction of sp³-hybridized carbons (Fsp3) is 0. The first-order valence-electron chi connectivity index (χ1n) is 8.91. The lowest BCUT2D eigenvalue weighted by Gasteiger charge is -2.08. The summed E-state index contributed by atoms with van der Waals surface area (Å²) in [4.78, 5) is 28.9. The van der Waals surface area contributed by atoms with Crippen LogP contribution in [0.15, 0.2) is 60.7 Å². The Kier molecular flexibility index (Phi) is 5.94. The van der Waals surface area contributed by atoms with Gasteiger partial charge >= 0.3 is 6.03 Å². The highest BCUT2D eigenvalue weighted by molar-refractivity contribution is 7.22. The molecule has 3 aromatic carbocycles. The molecule has 0 saturated heterocycles. The van der Waals surface area contributed by atoms with E-state index in [1.54, 1.807) is 42.5 Å². The number of anilines is 3. The monoisotopic (exact) mass is 472 g/mol. The number of thiazole rings is 1. The van der Waals surface area contributed by atoms with Crippen LogP contribution >= 0.6 is 34.5 Å². The summed E-state index contributed by atoms with van der Waals surface area (Å²) < 4.78 is 0.761. The number of benzene rings is 3. The van der Waals surface area contributed by atoms with Crippen LogP contribution in [0.1, 0.15) is 10.4 Å². The Bertz CT molecular complexity index is 1270. The van der Waals surface area contributed by atoms with Gasteiger partial charge in [-0.2, -0.15) is 0 Å². The van der Waals surface area contributed by atoms with E-state index in [2.05, 4.69) is 20.9 Å². The van der Waals surface area contributed by atoms with Crippen LogP contribution in [0.25, 0.3) is 10.2 Å². The number of carbonyl (C=O) groups is 2. The number of nitrogens with zero attached hydrogens (tertiary/aromatic N) is 1. The molecule has 10 heteroatoms. The zero-order valence-corrected chi connectivity index (χ0v) is 18.0. The number of carbonyl (C=O) groups excluding carboxylic acids is 2. The smallest absolute Gasteiger partial charge is 0.325 e. The molecule has 4 aromatic rings. The molecule has 1 aromatic heterocycles.